The number of hydrogen-bond donors (Lipinski definition) is 1. The lowest BCUT2D eigenvalue weighted by Crippen LogP contribution is -2.28. The van der Waals surface area contributed by atoms with Crippen molar-refractivity contribution in [2.24, 2.45) is 5.41 Å². The van der Waals surface area contributed by atoms with Crippen molar-refractivity contribution in [1.29, 1.82) is 0 Å². The van der Waals surface area contributed by atoms with Crippen molar-refractivity contribution < 1.29 is 19.4 Å². The van der Waals surface area contributed by atoms with Gasteiger partial charge in [0.05, 0.1) is 17.7 Å². The first-order chi connectivity index (χ1) is 22.8. The Hall–Kier alpha value is -4.30. The minimum absolute atomic E-state index is 0.0999. The number of carboxylic acid groups (broad SMARTS) is 1. The van der Waals surface area contributed by atoms with Crippen molar-refractivity contribution >= 4 is 28.6 Å². The van der Waals surface area contributed by atoms with Crippen LogP contribution in [0.2, 0.25) is 0 Å². The van der Waals surface area contributed by atoms with Crippen LogP contribution in [-0.2, 0) is 24.4 Å². The fraction of sp³-hybridized carbons (Fsp3) is 0.375. The van der Waals surface area contributed by atoms with Gasteiger partial charge in [-0.05, 0) is 74.7 Å². The molecule has 0 amide bonds. The molecule has 7 nitrogen and oxygen atoms in total. The molecule has 0 fully saturated rings. The Balaban J connectivity index is 0.00000255. The highest BCUT2D eigenvalue weighted by atomic mass is 32.2. The number of carboxylic acids is 1. The average Bonchev–Trinajstić information content (AvgIpc) is 3.31. The molecule has 48 heavy (non-hydrogen) atoms. The van der Waals surface area contributed by atoms with E-state index in [1.807, 2.05) is 70.4 Å². The van der Waals surface area contributed by atoms with Crippen LogP contribution in [0, 0.1) is 12.3 Å². The maximum Gasteiger partial charge on any atom is 0.309 e. The first kappa shape index (κ1) is 36.5. The Morgan fingerprint density at radius 3 is 2.17 bits per heavy atom. The maximum absolute atomic E-state index is 12.4. The standard InChI is InChI=1S/C38H43N3O4S.C2H6/c1-8-44-34-18-14-28(22-40-34)27-12-10-26(11-13-27)23-41-32-17-16-30(45-24-29-15-9-25(2)21-39-29)19-31(32)35(46-37(3,4)5)33(41)20-38(6,7)36(42)43;1-2/h9-19,21-22H,8,20,23-24H2,1-7H3,(H,42,43);1-2H3. The van der Waals surface area contributed by atoms with Gasteiger partial charge in [0, 0.05) is 63.2 Å². The Labute approximate surface area is 289 Å². The van der Waals surface area contributed by atoms with E-state index in [9.17, 15) is 9.90 Å². The molecule has 0 saturated heterocycles. The molecule has 0 aliphatic rings. The molecular weight excluding hydrogens is 619 g/mol. The molecule has 3 aromatic heterocycles. The number of aryl methyl sites for hydroxylation is 1. The molecule has 0 aliphatic carbocycles. The zero-order valence-corrected chi connectivity index (χ0v) is 30.6. The first-order valence-electron chi connectivity index (χ1n) is 16.6. The van der Waals surface area contributed by atoms with Crippen molar-refractivity contribution in [3.8, 4) is 22.8 Å². The summed E-state index contributed by atoms with van der Waals surface area (Å²) in [7, 11) is 0. The van der Waals surface area contributed by atoms with Gasteiger partial charge in [0.2, 0.25) is 5.88 Å². The van der Waals surface area contributed by atoms with Gasteiger partial charge in [-0.3, -0.25) is 9.78 Å². The van der Waals surface area contributed by atoms with E-state index < -0.39 is 11.4 Å². The van der Waals surface area contributed by atoms with Crippen LogP contribution in [0.25, 0.3) is 22.0 Å². The molecule has 2 aromatic carbocycles. The number of ether oxygens (including phenoxy) is 2. The molecule has 0 unspecified atom stereocenters. The van der Waals surface area contributed by atoms with Gasteiger partial charge < -0.3 is 19.1 Å². The van der Waals surface area contributed by atoms with Crippen molar-refractivity contribution in [3.05, 3.63) is 102 Å². The quantitative estimate of drug-likeness (QED) is 0.133. The van der Waals surface area contributed by atoms with E-state index in [4.69, 9.17) is 9.47 Å². The monoisotopic (exact) mass is 667 g/mol. The van der Waals surface area contributed by atoms with Crippen LogP contribution in [0.3, 0.4) is 0 Å². The van der Waals surface area contributed by atoms with Gasteiger partial charge >= 0.3 is 5.97 Å². The predicted molar refractivity (Wildman–Crippen MR) is 197 cm³/mol. The second kappa shape index (κ2) is 15.7. The van der Waals surface area contributed by atoms with Gasteiger partial charge in [0.15, 0.2) is 0 Å². The lowest BCUT2D eigenvalue weighted by molar-refractivity contribution is -0.146. The summed E-state index contributed by atoms with van der Waals surface area (Å²) in [6, 6.07) is 22.6. The largest absolute Gasteiger partial charge is 0.487 e. The normalized spacial score (nSPS) is 11.6. The Bertz CT molecular complexity index is 1800. The summed E-state index contributed by atoms with van der Waals surface area (Å²) in [4.78, 5) is 22.4. The summed E-state index contributed by atoms with van der Waals surface area (Å²) in [6.07, 6.45) is 4.06. The van der Waals surface area contributed by atoms with E-state index in [2.05, 4.69) is 71.7 Å². The highest BCUT2D eigenvalue weighted by Gasteiger charge is 2.33. The number of aromatic nitrogens is 3. The minimum atomic E-state index is -0.958. The third-order valence-corrected chi connectivity index (χ3v) is 8.98. The highest BCUT2D eigenvalue weighted by Crippen LogP contribution is 2.44. The molecule has 254 valence electrons. The fourth-order valence-electron chi connectivity index (χ4n) is 5.23. The van der Waals surface area contributed by atoms with E-state index in [1.54, 1.807) is 25.6 Å². The lowest BCUT2D eigenvalue weighted by atomic mass is 9.88. The number of pyridine rings is 2. The molecule has 0 atom stereocenters. The Morgan fingerprint density at radius 2 is 1.58 bits per heavy atom. The molecule has 1 N–H and O–H groups in total. The van der Waals surface area contributed by atoms with Crippen molar-refractivity contribution in [2.75, 3.05) is 6.61 Å². The van der Waals surface area contributed by atoms with Gasteiger partial charge in [0.25, 0.3) is 0 Å². The van der Waals surface area contributed by atoms with Crippen LogP contribution in [-0.4, -0.2) is 37.0 Å². The van der Waals surface area contributed by atoms with Crippen molar-refractivity contribution in [2.45, 2.75) is 91.5 Å². The summed E-state index contributed by atoms with van der Waals surface area (Å²) in [5.41, 5.74) is 6.27. The summed E-state index contributed by atoms with van der Waals surface area (Å²) in [5.74, 6) is 0.544. The summed E-state index contributed by atoms with van der Waals surface area (Å²) < 4.78 is 13.9. The number of fused-ring (bicyclic) bond motifs is 1. The van der Waals surface area contributed by atoms with Crippen LogP contribution in [0.15, 0.2) is 84.0 Å². The number of aliphatic carboxylic acids is 1. The topological polar surface area (TPSA) is 86.5 Å². The molecule has 0 aliphatic heterocycles. The Morgan fingerprint density at radius 1 is 0.875 bits per heavy atom. The van der Waals surface area contributed by atoms with Gasteiger partial charge in [0.1, 0.15) is 12.4 Å². The zero-order chi connectivity index (χ0) is 35.1. The molecule has 0 saturated carbocycles. The van der Waals surface area contributed by atoms with E-state index in [0.717, 1.165) is 55.2 Å². The highest BCUT2D eigenvalue weighted by molar-refractivity contribution is 8.00. The van der Waals surface area contributed by atoms with Gasteiger partial charge in [-0.2, -0.15) is 0 Å². The summed E-state index contributed by atoms with van der Waals surface area (Å²) in [5, 5.41) is 11.2. The molecular formula is C40H49N3O4S. The van der Waals surface area contributed by atoms with Crippen molar-refractivity contribution in [1.82, 2.24) is 14.5 Å². The maximum atomic E-state index is 12.4. The number of benzene rings is 2. The SMILES string of the molecule is CC.CCOc1ccc(-c2ccc(Cn3c(CC(C)(C)C(=O)O)c(SC(C)(C)C)c4cc(OCc5ccc(C)cn5)ccc43)cc2)cn1. The van der Waals surface area contributed by atoms with Gasteiger partial charge in [-0.25, -0.2) is 4.98 Å². The van der Waals surface area contributed by atoms with Crippen LogP contribution >= 0.6 is 11.8 Å². The number of rotatable bonds is 12. The molecule has 8 heteroatoms. The van der Waals surface area contributed by atoms with E-state index >= 15 is 0 Å². The van der Waals surface area contributed by atoms with E-state index in [0.29, 0.717) is 32.1 Å². The second-order valence-corrected chi connectivity index (χ2v) is 15.1. The third kappa shape index (κ3) is 9.19. The first-order valence-corrected chi connectivity index (χ1v) is 17.4. The Kier molecular flexibility index (Phi) is 12.0. The zero-order valence-electron chi connectivity index (χ0n) is 29.8. The van der Waals surface area contributed by atoms with Crippen LogP contribution in [0.1, 0.15) is 77.9 Å². The number of thioether (sulfide) groups is 1. The van der Waals surface area contributed by atoms with Gasteiger partial charge in [-0.15, -0.1) is 11.8 Å². The molecule has 5 aromatic rings. The number of carbonyl (C=O) groups is 1. The fourth-order valence-corrected chi connectivity index (χ4v) is 6.41. The molecule has 0 bridgehead atoms. The van der Waals surface area contributed by atoms with E-state index in [1.165, 1.54) is 0 Å². The van der Waals surface area contributed by atoms with Crippen molar-refractivity contribution in [3.63, 3.8) is 0 Å². The molecule has 0 spiro atoms. The average molecular weight is 668 g/mol. The summed E-state index contributed by atoms with van der Waals surface area (Å²) >= 11 is 1.77. The predicted octanol–water partition coefficient (Wildman–Crippen LogP) is 10.0. The molecule has 3 heterocycles. The van der Waals surface area contributed by atoms with Crippen LogP contribution < -0.4 is 9.47 Å². The molecule has 0 radical (unpaired) electrons. The summed E-state index contributed by atoms with van der Waals surface area (Å²) in [6.45, 7) is 19.7. The third-order valence-electron chi connectivity index (χ3n) is 7.70. The smallest absolute Gasteiger partial charge is 0.309 e. The lowest BCUT2D eigenvalue weighted by Gasteiger charge is -2.24. The second-order valence-electron chi connectivity index (χ2n) is 13.3. The number of hydrogen-bond acceptors (Lipinski definition) is 6. The minimum Gasteiger partial charge on any atom is -0.487 e. The van der Waals surface area contributed by atoms with E-state index in [-0.39, 0.29) is 4.75 Å². The number of nitrogens with zero attached hydrogens (tertiary/aromatic N) is 3. The van der Waals surface area contributed by atoms with Crippen LogP contribution in [0.4, 0.5) is 0 Å². The van der Waals surface area contributed by atoms with Gasteiger partial charge in [-0.1, -0.05) is 65.0 Å². The van der Waals surface area contributed by atoms with Crippen LogP contribution in [0.5, 0.6) is 11.6 Å². The molecule has 5 rings (SSSR count).